The number of aryl methyl sites for hydroxylation is 1. The first kappa shape index (κ1) is 12.4. The third-order valence-corrected chi connectivity index (χ3v) is 3.36. The van der Waals surface area contributed by atoms with Gasteiger partial charge in [-0.15, -0.1) is 0 Å². The van der Waals surface area contributed by atoms with Gasteiger partial charge >= 0.3 is 0 Å². The Bertz CT molecular complexity index is 522. The Morgan fingerprint density at radius 1 is 1.24 bits per heavy atom. The van der Waals surface area contributed by atoms with Crippen molar-refractivity contribution in [3.8, 4) is 0 Å². The average molecular weight is 270 g/mol. The molecule has 0 radical (unpaired) electrons. The van der Waals surface area contributed by atoms with E-state index < -0.39 is 0 Å². The van der Waals surface area contributed by atoms with Crippen molar-refractivity contribution in [2.24, 2.45) is 7.05 Å². The number of halogens is 2. The summed E-state index contributed by atoms with van der Waals surface area (Å²) in [6, 6.07) is 5.71. The van der Waals surface area contributed by atoms with Crippen molar-refractivity contribution in [3.63, 3.8) is 0 Å². The third kappa shape index (κ3) is 2.63. The van der Waals surface area contributed by atoms with Crippen molar-refractivity contribution in [2.45, 2.75) is 6.04 Å². The van der Waals surface area contributed by atoms with Crippen LogP contribution >= 0.6 is 23.2 Å². The molecule has 3 nitrogen and oxygen atoms in total. The van der Waals surface area contributed by atoms with Gasteiger partial charge in [0.1, 0.15) is 0 Å². The van der Waals surface area contributed by atoms with Gasteiger partial charge in [-0.25, -0.2) is 0 Å². The van der Waals surface area contributed by atoms with E-state index in [4.69, 9.17) is 23.2 Å². The van der Waals surface area contributed by atoms with Crippen LogP contribution in [0.4, 0.5) is 0 Å². The summed E-state index contributed by atoms with van der Waals surface area (Å²) in [6.45, 7) is 0. The van der Waals surface area contributed by atoms with Gasteiger partial charge < -0.3 is 5.32 Å². The third-order valence-electron chi connectivity index (χ3n) is 2.62. The zero-order valence-corrected chi connectivity index (χ0v) is 11.1. The minimum atomic E-state index is 0.0680. The summed E-state index contributed by atoms with van der Waals surface area (Å²) in [7, 11) is 3.80. The van der Waals surface area contributed by atoms with E-state index in [1.807, 2.05) is 38.6 Å². The fourth-order valence-electron chi connectivity index (χ4n) is 1.81. The van der Waals surface area contributed by atoms with Gasteiger partial charge in [-0.3, -0.25) is 4.68 Å². The molecule has 5 heteroatoms. The standard InChI is InChI=1S/C12H13Cl2N3/c1-15-12(9-6-16-17(2)7-9)8-3-4-10(13)11(14)5-8/h3-7,12,15H,1-2H3. The predicted octanol–water partition coefficient (Wildman–Crippen LogP) is 3.04. The van der Waals surface area contributed by atoms with E-state index in [9.17, 15) is 0 Å². The lowest BCUT2D eigenvalue weighted by Gasteiger charge is -2.15. The molecule has 1 atom stereocenters. The Labute approximate surface area is 110 Å². The first-order valence-electron chi connectivity index (χ1n) is 5.22. The SMILES string of the molecule is CNC(c1ccc(Cl)c(Cl)c1)c1cnn(C)c1. The topological polar surface area (TPSA) is 29.9 Å². The molecule has 90 valence electrons. The van der Waals surface area contributed by atoms with Crippen molar-refractivity contribution >= 4 is 23.2 Å². The van der Waals surface area contributed by atoms with Gasteiger partial charge in [0.2, 0.25) is 0 Å². The molecule has 1 aromatic carbocycles. The predicted molar refractivity (Wildman–Crippen MR) is 70.6 cm³/mol. The maximum atomic E-state index is 6.03. The Hall–Kier alpha value is -1.03. The molecule has 0 spiro atoms. The fraction of sp³-hybridized carbons (Fsp3) is 0.250. The largest absolute Gasteiger partial charge is 0.309 e. The van der Waals surface area contributed by atoms with Crippen LogP contribution in [0.3, 0.4) is 0 Å². The summed E-state index contributed by atoms with van der Waals surface area (Å²) < 4.78 is 1.77. The van der Waals surface area contributed by atoms with Crippen molar-refractivity contribution in [2.75, 3.05) is 7.05 Å². The van der Waals surface area contributed by atoms with Crippen LogP contribution in [0.2, 0.25) is 10.0 Å². The number of benzene rings is 1. The highest BCUT2D eigenvalue weighted by molar-refractivity contribution is 6.42. The van der Waals surface area contributed by atoms with Crippen LogP contribution in [0.15, 0.2) is 30.6 Å². The highest BCUT2D eigenvalue weighted by atomic mass is 35.5. The maximum absolute atomic E-state index is 6.03. The van der Waals surface area contributed by atoms with Crippen LogP contribution in [0, 0.1) is 0 Å². The molecule has 0 bridgehead atoms. The van der Waals surface area contributed by atoms with Crippen LogP contribution in [0.1, 0.15) is 17.2 Å². The van der Waals surface area contributed by atoms with Crippen molar-refractivity contribution in [3.05, 3.63) is 51.8 Å². The molecule has 0 amide bonds. The smallest absolute Gasteiger partial charge is 0.0606 e. The Morgan fingerprint density at radius 3 is 2.53 bits per heavy atom. The number of nitrogens with zero attached hydrogens (tertiary/aromatic N) is 2. The van der Waals surface area contributed by atoms with E-state index in [-0.39, 0.29) is 6.04 Å². The van der Waals surface area contributed by atoms with Crippen LogP contribution in [0.5, 0.6) is 0 Å². The molecule has 2 rings (SSSR count). The minimum absolute atomic E-state index is 0.0680. The summed E-state index contributed by atoms with van der Waals surface area (Å²) in [4.78, 5) is 0. The van der Waals surface area contributed by atoms with E-state index in [1.165, 1.54) is 0 Å². The molecule has 0 saturated heterocycles. The fourth-order valence-corrected chi connectivity index (χ4v) is 2.11. The Balaban J connectivity index is 2.38. The molecule has 17 heavy (non-hydrogen) atoms. The lowest BCUT2D eigenvalue weighted by atomic mass is 10.0. The van der Waals surface area contributed by atoms with Crippen LogP contribution in [-0.4, -0.2) is 16.8 Å². The lowest BCUT2D eigenvalue weighted by Crippen LogP contribution is -2.17. The molecule has 2 aromatic rings. The minimum Gasteiger partial charge on any atom is -0.309 e. The first-order chi connectivity index (χ1) is 8.11. The highest BCUT2D eigenvalue weighted by Gasteiger charge is 2.14. The maximum Gasteiger partial charge on any atom is 0.0606 e. The number of hydrogen-bond acceptors (Lipinski definition) is 2. The van der Waals surface area contributed by atoms with Crippen LogP contribution in [-0.2, 0) is 7.05 Å². The summed E-state index contributed by atoms with van der Waals surface area (Å²) in [5.74, 6) is 0. The number of nitrogens with one attached hydrogen (secondary N) is 1. The summed E-state index contributed by atoms with van der Waals surface area (Å²) in [5, 5.41) is 8.54. The van der Waals surface area contributed by atoms with E-state index >= 15 is 0 Å². The van der Waals surface area contributed by atoms with Gasteiger partial charge in [-0.05, 0) is 24.7 Å². The van der Waals surface area contributed by atoms with Crippen molar-refractivity contribution < 1.29 is 0 Å². The zero-order valence-electron chi connectivity index (χ0n) is 9.61. The molecular weight excluding hydrogens is 257 g/mol. The Kier molecular flexibility index (Phi) is 3.72. The van der Waals surface area contributed by atoms with E-state index in [1.54, 1.807) is 10.7 Å². The van der Waals surface area contributed by atoms with Crippen molar-refractivity contribution in [1.29, 1.82) is 0 Å². The summed E-state index contributed by atoms with van der Waals surface area (Å²) in [6.07, 6.45) is 3.81. The summed E-state index contributed by atoms with van der Waals surface area (Å²) >= 11 is 11.9. The molecule has 1 aromatic heterocycles. The van der Waals surface area contributed by atoms with Crippen LogP contribution < -0.4 is 5.32 Å². The van der Waals surface area contributed by atoms with Crippen molar-refractivity contribution in [1.82, 2.24) is 15.1 Å². The molecule has 1 heterocycles. The van der Waals surface area contributed by atoms with Crippen LogP contribution in [0.25, 0.3) is 0 Å². The van der Waals surface area contributed by atoms with E-state index in [0.717, 1.165) is 11.1 Å². The lowest BCUT2D eigenvalue weighted by molar-refractivity contribution is 0.689. The molecule has 0 aliphatic heterocycles. The van der Waals surface area contributed by atoms with E-state index in [0.29, 0.717) is 10.0 Å². The molecule has 0 aliphatic rings. The van der Waals surface area contributed by atoms with Gasteiger partial charge in [-0.1, -0.05) is 29.3 Å². The van der Waals surface area contributed by atoms with Gasteiger partial charge in [0.05, 0.1) is 22.3 Å². The normalized spacial score (nSPS) is 12.7. The summed E-state index contributed by atoms with van der Waals surface area (Å²) in [5.41, 5.74) is 2.16. The van der Waals surface area contributed by atoms with Gasteiger partial charge in [0.25, 0.3) is 0 Å². The number of hydrogen-bond donors (Lipinski definition) is 1. The highest BCUT2D eigenvalue weighted by Crippen LogP contribution is 2.28. The van der Waals surface area contributed by atoms with Gasteiger partial charge in [0.15, 0.2) is 0 Å². The monoisotopic (exact) mass is 269 g/mol. The second-order valence-corrected chi connectivity index (χ2v) is 4.66. The zero-order chi connectivity index (χ0) is 12.4. The number of aromatic nitrogens is 2. The molecule has 0 aliphatic carbocycles. The average Bonchev–Trinajstić information content (AvgIpc) is 2.71. The first-order valence-corrected chi connectivity index (χ1v) is 5.98. The molecule has 0 saturated carbocycles. The van der Waals surface area contributed by atoms with E-state index in [2.05, 4.69) is 10.4 Å². The number of rotatable bonds is 3. The van der Waals surface area contributed by atoms with Gasteiger partial charge in [-0.2, -0.15) is 5.10 Å². The molecule has 1 unspecified atom stereocenters. The second kappa shape index (κ2) is 5.08. The molecule has 0 fully saturated rings. The molecule has 1 N–H and O–H groups in total. The second-order valence-electron chi connectivity index (χ2n) is 3.84. The Morgan fingerprint density at radius 2 is 2.00 bits per heavy atom. The quantitative estimate of drug-likeness (QED) is 0.929. The van der Waals surface area contributed by atoms with Gasteiger partial charge in [0, 0.05) is 18.8 Å². The molecular formula is C12H13Cl2N3.